The van der Waals surface area contributed by atoms with Gasteiger partial charge in [-0.2, -0.15) is 0 Å². The minimum absolute atomic E-state index is 0.309. The summed E-state index contributed by atoms with van der Waals surface area (Å²) in [6.07, 6.45) is 9.09. The molecule has 1 aliphatic rings. The Morgan fingerprint density at radius 2 is 1.88 bits per heavy atom. The second-order valence-electron chi connectivity index (χ2n) is 6.41. The molecule has 1 saturated carbocycles. The second-order valence-corrected chi connectivity index (χ2v) is 6.41. The van der Waals surface area contributed by atoms with Crippen LogP contribution < -0.4 is 9.47 Å². The first-order chi connectivity index (χ1) is 12.3. The van der Waals surface area contributed by atoms with Gasteiger partial charge in [0.05, 0.1) is 24.2 Å². The molecule has 0 aliphatic heterocycles. The van der Waals surface area contributed by atoms with Crippen LogP contribution in [0.5, 0.6) is 11.5 Å². The van der Waals surface area contributed by atoms with Crippen molar-refractivity contribution in [3.05, 3.63) is 53.9 Å². The first-order valence-corrected chi connectivity index (χ1v) is 8.79. The van der Waals surface area contributed by atoms with Gasteiger partial charge in [0.2, 0.25) is 0 Å². The van der Waals surface area contributed by atoms with Gasteiger partial charge >= 0.3 is 0 Å². The fourth-order valence-corrected chi connectivity index (χ4v) is 3.30. The van der Waals surface area contributed by atoms with E-state index in [0.29, 0.717) is 6.10 Å². The van der Waals surface area contributed by atoms with E-state index >= 15 is 0 Å². The second kappa shape index (κ2) is 7.01. The summed E-state index contributed by atoms with van der Waals surface area (Å²) in [6.45, 7) is 0. The van der Waals surface area contributed by atoms with Crippen molar-refractivity contribution in [3.8, 4) is 11.5 Å². The number of rotatable bonds is 5. The van der Waals surface area contributed by atoms with Crippen LogP contribution in [0.1, 0.15) is 37.1 Å². The summed E-state index contributed by atoms with van der Waals surface area (Å²) in [5.41, 5.74) is 3.08. The highest BCUT2D eigenvalue weighted by Crippen LogP contribution is 2.32. The molecule has 4 rings (SSSR count). The minimum atomic E-state index is 0.309. The van der Waals surface area contributed by atoms with Gasteiger partial charge in [0.1, 0.15) is 5.82 Å². The number of H-pyrrole nitrogens is 1. The van der Waals surface area contributed by atoms with Crippen molar-refractivity contribution in [3.63, 3.8) is 0 Å². The van der Waals surface area contributed by atoms with Gasteiger partial charge in [0.25, 0.3) is 0 Å². The number of aromatic nitrogens is 2. The largest absolute Gasteiger partial charge is 0.493 e. The molecule has 0 radical (unpaired) electrons. The van der Waals surface area contributed by atoms with E-state index < -0.39 is 0 Å². The molecule has 0 amide bonds. The molecular formula is C21H22N2O2. The average molecular weight is 334 g/mol. The van der Waals surface area contributed by atoms with E-state index in [2.05, 4.69) is 9.97 Å². The number of fused-ring (bicyclic) bond motifs is 1. The van der Waals surface area contributed by atoms with Gasteiger partial charge in [-0.05, 0) is 61.6 Å². The Morgan fingerprint density at radius 1 is 1.04 bits per heavy atom. The van der Waals surface area contributed by atoms with Crippen molar-refractivity contribution in [2.24, 2.45) is 0 Å². The van der Waals surface area contributed by atoms with Gasteiger partial charge < -0.3 is 14.5 Å². The van der Waals surface area contributed by atoms with E-state index in [1.807, 2.05) is 54.6 Å². The number of nitrogens with zero attached hydrogens (tertiary/aromatic N) is 1. The lowest BCUT2D eigenvalue weighted by Gasteiger charge is -2.16. The molecule has 1 fully saturated rings. The zero-order chi connectivity index (χ0) is 17.1. The maximum Gasteiger partial charge on any atom is 0.162 e. The molecule has 0 spiro atoms. The maximum atomic E-state index is 6.16. The lowest BCUT2D eigenvalue weighted by Crippen LogP contribution is -2.11. The summed E-state index contributed by atoms with van der Waals surface area (Å²) in [6, 6.07) is 14.1. The predicted molar refractivity (Wildman–Crippen MR) is 101 cm³/mol. The predicted octanol–water partition coefficient (Wildman–Crippen LogP) is 5.06. The highest BCUT2D eigenvalue weighted by atomic mass is 16.5. The highest BCUT2D eigenvalue weighted by Gasteiger charge is 2.18. The molecular weight excluding hydrogens is 312 g/mol. The first-order valence-electron chi connectivity index (χ1n) is 8.79. The third kappa shape index (κ3) is 3.53. The zero-order valence-electron chi connectivity index (χ0n) is 14.4. The number of aromatic amines is 1. The number of imidazole rings is 1. The van der Waals surface area contributed by atoms with Crippen LogP contribution in [0.25, 0.3) is 23.2 Å². The SMILES string of the molecule is COc1ccc(C=Cc2nc3ccccc3[nH]2)cc1OC1CCCC1. The van der Waals surface area contributed by atoms with Crippen LogP contribution in [0.2, 0.25) is 0 Å². The molecule has 0 unspecified atom stereocenters. The Bertz CT molecular complexity index is 859. The Kier molecular flexibility index (Phi) is 4.42. The number of para-hydroxylation sites is 2. The Hall–Kier alpha value is -2.75. The standard InChI is InChI=1S/C21H22N2O2/c1-24-19-12-10-15(14-20(19)25-16-6-2-3-7-16)11-13-21-22-17-8-4-5-9-18(17)23-21/h4-5,8-14,16H,2-3,6-7H2,1H3,(H,22,23). The van der Waals surface area contributed by atoms with E-state index in [9.17, 15) is 0 Å². The molecule has 4 nitrogen and oxygen atoms in total. The van der Waals surface area contributed by atoms with E-state index in [4.69, 9.17) is 9.47 Å². The van der Waals surface area contributed by atoms with Crippen molar-refractivity contribution in [2.75, 3.05) is 7.11 Å². The number of hydrogen-bond donors (Lipinski definition) is 1. The third-order valence-corrected chi connectivity index (χ3v) is 4.62. The lowest BCUT2D eigenvalue weighted by atomic mass is 10.2. The Labute approximate surface area is 147 Å². The van der Waals surface area contributed by atoms with Gasteiger partial charge in [0.15, 0.2) is 11.5 Å². The van der Waals surface area contributed by atoms with Crippen LogP contribution in [-0.4, -0.2) is 23.2 Å². The summed E-state index contributed by atoms with van der Waals surface area (Å²) in [4.78, 5) is 7.88. The number of benzene rings is 2. The van der Waals surface area contributed by atoms with Gasteiger partial charge in [-0.25, -0.2) is 4.98 Å². The van der Waals surface area contributed by atoms with E-state index in [-0.39, 0.29) is 0 Å². The van der Waals surface area contributed by atoms with Crippen molar-refractivity contribution >= 4 is 23.2 Å². The molecule has 1 aliphatic carbocycles. The third-order valence-electron chi connectivity index (χ3n) is 4.62. The van der Waals surface area contributed by atoms with Crippen LogP contribution in [0.3, 0.4) is 0 Å². The quantitative estimate of drug-likeness (QED) is 0.709. The van der Waals surface area contributed by atoms with E-state index in [1.165, 1.54) is 12.8 Å². The van der Waals surface area contributed by atoms with Crippen LogP contribution in [0, 0.1) is 0 Å². The van der Waals surface area contributed by atoms with Crippen LogP contribution in [0.4, 0.5) is 0 Å². The minimum Gasteiger partial charge on any atom is -0.493 e. The maximum absolute atomic E-state index is 6.16. The van der Waals surface area contributed by atoms with E-state index in [1.54, 1.807) is 7.11 Å². The molecule has 1 aromatic heterocycles. The number of ether oxygens (including phenoxy) is 2. The van der Waals surface area contributed by atoms with Gasteiger partial charge in [-0.15, -0.1) is 0 Å². The van der Waals surface area contributed by atoms with Crippen molar-refractivity contribution in [2.45, 2.75) is 31.8 Å². The molecule has 3 aromatic rings. The first kappa shape index (κ1) is 15.8. The number of methoxy groups -OCH3 is 1. The molecule has 0 atom stereocenters. The van der Waals surface area contributed by atoms with E-state index in [0.717, 1.165) is 46.8 Å². The molecule has 128 valence electrons. The highest BCUT2D eigenvalue weighted by molar-refractivity contribution is 5.78. The Morgan fingerprint density at radius 3 is 2.68 bits per heavy atom. The zero-order valence-corrected chi connectivity index (χ0v) is 14.4. The molecule has 0 bridgehead atoms. The summed E-state index contributed by atoms with van der Waals surface area (Å²) in [5.74, 6) is 2.45. The number of nitrogens with one attached hydrogen (secondary N) is 1. The molecule has 1 heterocycles. The van der Waals surface area contributed by atoms with Crippen molar-refractivity contribution in [1.29, 1.82) is 0 Å². The van der Waals surface area contributed by atoms with Crippen molar-refractivity contribution < 1.29 is 9.47 Å². The summed E-state index contributed by atoms with van der Waals surface area (Å²) >= 11 is 0. The topological polar surface area (TPSA) is 47.1 Å². The Balaban J connectivity index is 1.56. The normalized spacial score (nSPS) is 15.2. The fourth-order valence-electron chi connectivity index (χ4n) is 3.30. The fraction of sp³-hybridized carbons (Fsp3) is 0.286. The van der Waals surface area contributed by atoms with Gasteiger partial charge in [0, 0.05) is 0 Å². The van der Waals surface area contributed by atoms with Gasteiger partial charge in [-0.3, -0.25) is 0 Å². The molecule has 25 heavy (non-hydrogen) atoms. The summed E-state index contributed by atoms with van der Waals surface area (Å²) in [7, 11) is 1.68. The smallest absolute Gasteiger partial charge is 0.162 e. The molecule has 4 heteroatoms. The summed E-state index contributed by atoms with van der Waals surface area (Å²) in [5, 5.41) is 0. The number of hydrogen-bond acceptors (Lipinski definition) is 3. The van der Waals surface area contributed by atoms with Crippen LogP contribution in [-0.2, 0) is 0 Å². The summed E-state index contributed by atoms with van der Waals surface area (Å²) < 4.78 is 11.6. The van der Waals surface area contributed by atoms with Crippen LogP contribution in [0.15, 0.2) is 42.5 Å². The van der Waals surface area contributed by atoms with Crippen molar-refractivity contribution in [1.82, 2.24) is 9.97 Å². The molecule has 2 aromatic carbocycles. The molecule has 1 N–H and O–H groups in total. The van der Waals surface area contributed by atoms with Crippen LogP contribution >= 0.6 is 0 Å². The van der Waals surface area contributed by atoms with Gasteiger partial charge in [-0.1, -0.05) is 24.3 Å². The monoisotopic (exact) mass is 334 g/mol. The lowest BCUT2D eigenvalue weighted by molar-refractivity contribution is 0.201. The average Bonchev–Trinajstić information content (AvgIpc) is 3.29. The molecule has 0 saturated heterocycles.